The van der Waals surface area contributed by atoms with Gasteiger partial charge in [-0.2, -0.15) is 0 Å². The number of halogens is 1. The Morgan fingerprint density at radius 2 is 2.07 bits per heavy atom. The molecule has 1 aliphatic heterocycles. The molecule has 2 atom stereocenters. The molecule has 27 heavy (non-hydrogen) atoms. The molecule has 2 heterocycles. The third-order valence-corrected chi connectivity index (χ3v) is 5.01. The van der Waals surface area contributed by atoms with Crippen LogP contribution in [0.4, 0.5) is 10.2 Å². The molecule has 0 unspecified atom stereocenters. The number of anilines is 1. The maximum Gasteiger partial charge on any atom is 0.258 e. The van der Waals surface area contributed by atoms with Gasteiger partial charge in [-0.05, 0) is 49.9 Å². The topological polar surface area (TPSA) is 54.5 Å². The summed E-state index contributed by atoms with van der Waals surface area (Å²) in [6, 6.07) is 10.3. The van der Waals surface area contributed by atoms with Crippen molar-refractivity contribution in [3.05, 3.63) is 53.5 Å². The number of aryl methyl sites for hydroxylation is 1. The predicted molar refractivity (Wildman–Crippen MR) is 104 cm³/mol. The Morgan fingerprint density at radius 1 is 1.30 bits per heavy atom. The molecule has 0 spiro atoms. The van der Waals surface area contributed by atoms with Crippen LogP contribution in [0.3, 0.4) is 0 Å². The number of nitrogens with one attached hydrogen (secondary N) is 1. The lowest BCUT2D eigenvalue weighted by Crippen LogP contribution is -2.49. The lowest BCUT2D eigenvalue weighted by molar-refractivity contribution is 0.0561. The van der Waals surface area contributed by atoms with Crippen LogP contribution in [0, 0.1) is 18.7 Å². The van der Waals surface area contributed by atoms with Crippen LogP contribution in [-0.4, -0.2) is 42.0 Å². The molecular formula is C21H26FN3O2. The quantitative estimate of drug-likeness (QED) is 0.866. The highest BCUT2D eigenvalue weighted by atomic mass is 19.1. The van der Waals surface area contributed by atoms with Gasteiger partial charge >= 0.3 is 0 Å². The smallest absolute Gasteiger partial charge is 0.258 e. The second-order valence-corrected chi connectivity index (χ2v) is 7.16. The number of carbonyl (C=O) groups excluding carboxylic acids is 1. The highest BCUT2D eigenvalue weighted by molar-refractivity contribution is 5.97. The van der Waals surface area contributed by atoms with Crippen LogP contribution >= 0.6 is 0 Å². The first-order valence-electron chi connectivity index (χ1n) is 9.30. The highest BCUT2D eigenvalue weighted by Crippen LogP contribution is 2.28. The summed E-state index contributed by atoms with van der Waals surface area (Å²) in [7, 11) is 1.39. The Labute approximate surface area is 159 Å². The summed E-state index contributed by atoms with van der Waals surface area (Å²) < 4.78 is 19.2. The fourth-order valence-electron chi connectivity index (χ4n) is 3.57. The maximum atomic E-state index is 14.0. The zero-order valence-corrected chi connectivity index (χ0v) is 16.0. The van der Waals surface area contributed by atoms with E-state index in [1.54, 1.807) is 12.1 Å². The van der Waals surface area contributed by atoms with Gasteiger partial charge < -0.3 is 15.0 Å². The van der Waals surface area contributed by atoms with Gasteiger partial charge in [0.25, 0.3) is 5.91 Å². The van der Waals surface area contributed by atoms with Gasteiger partial charge in [-0.25, -0.2) is 9.37 Å². The number of nitrogens with zero attached hydrogens (tertiary/aromatic N) is 2. The fraction of sp³-hybridized carbons (Fsp3) is 0.429. The van der Waals surface area contributed by atoms with Crippen molar-refractivity contribution in [1.82, 2.24) is 9.88 Å². The van der Waals surface area contributed by atoms with Crippen LogP contribution in [0.15, 0.2) is 36.4 Å². The van der Waals surface area contributed by atoms with Crippen molar-refractivity contribution in [2.24, 2.45) is 5.92 Å². The molecule has 1 aliphatic rings. The molecule has 0 saturated carbocycles. The zero-order chi connectivity index (χ0) is 19.4. The number of hydrogen-bond acceptors (Lipinski definition) is 4. The molecule has 6 heteroatoms. The second-order valence-electron chi connectivity index (χ2n) is 7.16. The van der Waals surface area contributed by atoms with Crippen LogP contribution in [0.1, 0.15) is 35.8 Å². The summed E-state index contributed by atoms with van der Waals surface area (Å²) in [4.78, 5) is 19.5. The van der Waals surface area contributed by atoms with Crippen molar-refractivity contribution in [3.63, 3.8) is 0 Å². The van der Waals surface area contributed by atoms with Gasteiger partial charge in [-0.3, -0.25) is 4.79 Å². The summed E-state index contributed by atoms with van der Waals surface area (Å²) in [5, 5.41) is 3.34. The molecule has 1 aromatic carbocycles. The normalized spacial score (nSPS) is 19.6. The second kappa shape index (κ2) is 8.37. The molecule has 2 aromatic rings. The number of para-hydroxylation sites is 1. The van der Waals surface area contributed by atoms with Crippen molar-refractivity contribution in [1.29, 1.82) is 0 Å². The molecule has 5 nitrogen and oxygen atoms in total. The Morgan fingerprint density at radius 3 is 2.81 bits per heavy atom. The Kier molecular flexibility index (Phi) is 5.94. The molecule has 1 amide bonds. The van der Waals surface area contributed by atoms with Crippen LogP contribution in [0.2, 0.25) is 0 Å². The maximum absolute atomic E-state index is 14.0. The summed E-state index contributed by atoms with van der Waals surface area (Å²) in [5.41, 5.74) is 1.21. The number of rotatable bonds is 5. The van der Waals surface area contributed by atoms with E-state index in [1.807, 2.05) is 30.0 Å². The zero-order valence-electron chi connectivity index (χ0n) is 16.0. The molecule has 1 fully saturated rings. The van der Waals surface area contributed by atoms with Gasteiger partial charge in [0.1, 0.15) is 5.82 Å². The van der Waals surface area contributed by atoms with Crippen LogP contribution in [0.5, 0.6) is 5.75 Å². The van der Waals surface area contributed by atoms with E-state index >= 15 is 0 Å². The van der Waals surface area contributed by atoms with Gasteiger partial charge in [-0.15, -0.1) is 0 Å². The number of carbonyl (C=O) groups is 1. The van der Waals surface area contributed by atoms with E-state index in [4.69, 9.17) is 4.74 Å². The van der Waals surface area contributed by atoms with Crippen molar-refractivity contribution in [2.75, 3.05) is 25.5 Å². The minimum Gasteiger partial charge on any atom is -0.493 e. The molecule has 144 valence electrons. The van der Waals surface area contributed by atoms with E-state index in [0.29, 0.717) is 19.0 Å². The largest absolute Gasteiger partial charge is 0.493 e. The number of piperidine rings is 1. The fourth-order valence-corrected chi connectivity index (χ4v) is 3.57. The molecule has 0 aliphatic carbocycles. The average molecular weight is 371 g/mol. The Balaban J connectivity index is 1.79. The minimum atomic E-state index is -0.521. The molecule has 1 N–H and O–H groups in total. The van der Waals surface area contributed by atoms with Gasteiger partial charge in [0.2, 0.25) is 0 Å². The number of aromatic nitrogens is 1. The molecular weight excluding hydrogens is 345 g/mol. The van der Waals surface area contributed by atoms with Crippen LogP contribution in [-0.2, 0) is 0 Å². The van der Waals surface area contributed by atoms with Gasteiger partial charge in [0, 0.05) is 24.8 Å². The van der Waals surface area contributed by atoms with E-state index in [2.05, 4.69) is 17.2 Å². The van der Waals surface area contributed by atoms with E-state index in [-0.39, 0.29) is 23.3 Å². The van der Waals surface area contributed by atoms with E-state index in [1.165, 1.54) is 13.2 Å². The van der Waals surface area contributed by atoms with E-state index < -0.39 is 5.82 Å². The van der Waals surface area contributed by atoms with E-state index in [9.17, 15) is 9.18 Å². The van der Waals surface area contributed by atoms with Crippen molar-refractivity contribution in [2.45, 2.75) is 32.7 Å². The molecule has 0 bridgehead atoms. The number of likely N-dealkylation sites (tertiary alicyclic amines) is 1. The number of methoxy groups -OCH3 is 1. The lowest BCUT2D eigenvalue weighted by atomic mass is 9.93. The van der Waals surface area contributed by atoms with Crippen molar-refractivity contribution in [3.8, 4) is 5.75 Å². The monoisotopic (exact) mass is 371 g/mol. The third-order valence-electron chi connectivity index (χ3n) is 5.01. The first-order valence-corrected chi connectivity index (χ1v) is 9.30. The standard InChI is InChI=1S/C21H26FN3O2/c1-14-10-11-16(12-23-19-9-4-6-15(2)24-19)25(13-14)21(26)17-7-5-8-18(22)20(17)27-3/h4-9,14,16H,10-13H2,1-3H3,(H,23,24)/t14-,16-/m0/s1. The first-order chi connectivity index (χ1) is 13.0. The number of pyridine rings is 1. The van der Waals surface area contributed by atoms with Gasteiger partial charge in [0.05, 0.1) is 12.7 Å². The summed E-state index contributed by atoms with van der Waals surface area (Å²) in [6.07, 6.45) is 1.95. The number of ether oxygens (including phenoxy) is 1. The van der Waals surface area contributed by atoms with E-state index in [0.717, 1.165) is 24.4 Å². The highest BCUT2D eigenvalue weighted by Gasteiger charge is 2.32. The molecule has 1 aromatic heterocycles. The SMILES string of the molecule is COc1c(F)cccc1C(=O)N1C[C@@H](C)CC[C@H]1CNc1cccc(C)n1. The average Bonchev–Trinajstić information content (AvgIpc) is 2.66. The first kappa shape index (κ1) is 19.1. The molecule has 3 rings (SSSR count). The van der Waals surface area contributed by atoms with Crippen molar-refractivity contribution < 1.29 is 13.9 Å². The predicted octanol–water partition coefficient (Wildman–Crippen LogP) is 3.89. The van der Waals surface area contributed by atoms with Gasteiger partial charge in [-0.1, -0.05) is 19.1 Å². The van der Waals surface area contributed by atoms with Crippen LogP contribution < -0.4 is 10.1 Å². The Bertz CT molecular complexity index is 812. The molecule has 0 radical (unpaired) electrons. The summed E-state index contributed by atoms with van der Waals surface area (Å²) in [6.45, 7) is 5.33. The number of hydrogen-bond donors (Lipinski definition) is 1. The van der Waals surface area contributed by atoms with Gasteiger partial charge in [0.15, 0.2) is 11.6 Å². The Hall–Kier alpha value is -2.63. The molecule has 1 saturated heterocycles. The van der Waals surface area contributed by atoms with Crippen molar-refractivity contribution >= 4 is 11.7 Å². The summed E-state index contributed by atoms with van der Waals surface area (Å²) in [5.74, 6) is 0.493. The minimum absolute atomic E-state index is 0.00721. The van der Waals surface area contributed by atoms with Crippen LogP contribution in [0.25, 0.3) is 0 Å². The number of benzene rings is 1. The lowest BCUT2D eigenvalue weighted by Gasteiger charge is -2.39. The number of amides is 1. The summed E-state index contributed by atoms with van der Waals surface area (Å²) >= 11 is 0. The third kappa shape index (κ3) is 4.38.